The molecule has 2 amide bonds. The Labute approximate surface area is 227 Å². The largest absolute Gasteiger partial charge is 0.479 e. The van der Waals surface area contributed by atoms with Crippen LogP contribution in [0, 0.1) is 6.92 Å². The van der Waals surface area contributed by atoms with E-state index in [-0.39, 0.29) is 19.1 Å². The summed E-state index contributed by atoms with van der Waals surface area (Å²) in [5, 5.41) is 7.89. The minimum atomic E-state index is -0.746. The number of hydrogen-bond donors (Lipinski definition) is 1. The summed E-state index contributed by atoms with van der Waals surface area (Å²) in [5.74, 6) is -0.788. The molecule has 2 aromatic heterocycles. The number of carbonyl (C=O) groups excluding carboxylic acids is 3. The first kappa shape index (κ1) is 25.6. The van der Waals surface area contributed by atoms with Crippen molar-refractivity contribution in [2.45, 2.75) is 26.9 Å². The molecule has 1 N–H and O–H groups in total. The molecule has 8 nitrogen and oxygen atoms in total. The quantitative estimate of drug-likeness (QED) is 0.295. The van der Waals surface area contributed by atoms with Crippen molar-refractivity contribution in [2.75, 3.05) is 23.4 Å². The van der Waals surface area contributed by atoms with Gasteiger partial charge in [0, 0.05) is 21.9 Å². The molecule has 194 valence electrons. The Balaban J connectivity index is 1.44. The molecular formula is C28H25N3O5S2. The summed E-state index contributed by atoms with van der Waals surface area (Å²) >= 11 is 2.77. The lowest BCUT2D eigenvalue weighted by Gasteiger charge is -2.32. The van der Waals surface area contributed by atoms with Crippen LogP contribution >= 0.6 is 22.7 Å². The van der Waals surface area contributed by atoms with Crippen molar-refractivity contribution in [3.63, 3.8) is 0 Å². The Morgan fingerprint density at radius 2 is 1.89 bits per heavy atom. The van der Waals surface area contributed by atoms with Crippen molar-refractivity contribution in [3.8, 4) is 28.1 Å². The molecule has 1 atom stereocenters. The fraction of sp³-hybridized carbons (Fsp3) is 0.214. The third kappa shape index (κ3) is 5.05. The van der Waals surface area contributed by atoms with Crippen molar-refractivity contribution >= 4 is 51.1 Å². The number of nitrogens with one attached hydrogen (secondary N) is 1. The Kier molecular flexibility index (Phi) is 7.26. The molecule has 1 aliphatic heterocycles. The summed E-state index contributed by atoms with van der Waals surface area (Å²) in [4.78, 5) is 45.2. The third-order valence-electron chi connectivity index (χ3n) is 5.99. The number of rotatable bonds is 7. The lowest BCUT2D eigenvalue weighted by molar-refractivity contribution is -0.127. The van der Waals surface area contributed by atoms with E-state index in [0.29, 0.717) is 27.6 Å². The fourth-order valence-corrected chi connectivity index (χ4v) is 5.82. The molecule has 0 saturated carbocycles. The molecule has 0 radical (unpaired) electrons. The molecule has 0 saturated heterocycles. The number of hydrogen-bond acceptors (Lipinski definition) is 8. The van der Waals surface area contributed by atoms with Crippen LogP contribution in [-0.2, 0) is 14.3 Å². The Morgan fingerprint density at radius 1 is 1.11 bits per heavy atom. The average molecular weight is 548 g/mol. The second-order valence-electron chi connectivity index (χ2n) is 8.61. The number of aromatic nitrogens is 1. The van der Waals surface area contributed by atoms with Gasteiger partial charge in [0.1, 0.15) is 22.9 Å². The number of carbonyl (C=O) groups is 3. The van der Waals surface area contributed by atoms with Crippen molar-refractivity contribution in [2.24, 2.45) is 0 Å². The molecule has 1 aliphatic rings. The van der Waals surface area contributed by atoms with Gasteiger partial charge in [-0.1, -0.05) is 30.3 Å². The Hall–Kier alpha value is -4.02. The SMILES string of the molecule is CCOC(=O)c1c(-c2ccccc2)csc1NC(=O)CN1C(=O)C(C)Oc2ccc(-c3csc(C)n3)cc21. The summed E-state index contributed by atoms with van der Waals surface area (Å²) in [7, 11) is 0. The number of amides is 2. The minimum Gasteiger partial charge on any atom is -0.479 e. The Bertz CT molecular complexity index is 1510. The standard InChI is InChI=1S/C28H25N3O5S2/c1-4-35-28(34)25-20(18-8-6-5-7-9-18)14-38-26(25)30-24(32)13-31-22-12-19(21-15-37-17(3)29-21)10-11-23(22)36-16(2)27(31)33/h5-12,14-16H,4,13H2,1-3H3,(H,30,32). The smallest absolute Gasteiger partial charge is 0.341 e. The minimum absolute atomic E-state index is 0.202. The van der Waals surface area contributed by atoms with Crippen LogP contribution in [0.15, 0.2) is 59.3 Å². The normalized spacial score (nSPS) is 14.6. The number of anilines is 2. The second-order valence-corrected chi connectivity index (χ2v) is 10.5. The maximum Gasteiger partial charge on any atom is 0.341 e. The molecule has 3 heterocycles. The van der Waals surface area contributed by atoms with E-state index in [9.17, 15) is 14.4 Å². The molecule has 4 aromatic rings. The van der Waals surface area contributed by atoms with Crippen LogP contribution in [0.2, 0.25) is 0 Å². The molecule has 5 rings (SSSR count). The summed E-state index contributed by atoms with van der Waals surface area (Å²) in [5.41, 5.74) is 3.90. The highest BCUT2D eigenvalue weighted by Gasteiger charge is 2.34. The van der Waals surface area contributed by atoms with Crippen molar-refractivity contribution in [1.82, 2.24) is 4.98 Å². The van der Waals surface area contributed by atoms with Crippen LogP contribution in [0.4, 0.5) is 10.7 Å². The van der Waals surface area contributed by atoms with Gasteiger partial charge in [-0.05, 0) is 44.5 Å². The highest BCUT2D eigenvalue weighted by molar-refractivity contribution is 7.15. The van der Waals surface area contributed by atoms with E-state index in [1.165, 1.54) is 27.6 Å². The van der Waals surface area contributed by atoms with Gasteiger partial charge < -0.3 is 14.8 Å². The van der Waals surface area contributed by atoms with Gasteiger partial charge in [-0.15, -0.1) is 22.7 Å². The first-order valence-corrected chi connectivity index (χ1v) is 13.8. The maximum absolute atomic E-state index is 13.3. The number of aryl methyl sites for hydroxylation is 1. The van der Waals surface area contributed by atoms with Crippen LogP contribution in [0.5, 0.6) is 5.75 Å². The van der Waals surface area contributed by atoms with E-state index in [0.717, 1.165) is 21.8 Å². The lowest BCUT2D eigenvalue weighted by Crippen LogP contribution is -2.47. The van der Waals surface area contributed by atoms with Gasteiger partial charge in [0.15, 0.2) is 6.10 Å². The van der Waals surface area contributed by atoms with Crippen LogP contribution < -0.4 is 15.0 Å². The first-order chi connectivity index (χ1) is 18.4. The maximum atomic E-state index is 13.3. The van der Waals surface area contributed by atoms with Crippen LogP contribution in [0.1, 0.15) is 29.2 Å². The zero-order chi connectivity index (χ0) is 26.8. The molecule has 0 spiro atoms. The zero-order valence-corrected chi connectivity index (χ0v) is 22.7. The summed E-state index contributed by atoms with van der Waals surface area (Å²) in [6, 6.07) is 14.9. The predicted octanol–water partition coefficient (Wildman–Crippen LogP) is 5.78. The van der Waals surface area contributed by atoms with Gasteiger partial charge >= 0.3 is 5.97 Å². The fourth-order valence-electron chi connectivity index (χ4n) is 4.22. The zero-order valence-electron chi connectivity index (χ0n) is 21.0. The number of nitrogens with zero attached hydrogens (tertiary/aromatic N) is 2. The number of benzene rings is 2. The van der Waals surface area contributed by atoms with Gasteiger partial charge in [-0.25, -0.2) is 9.78 Å². The van der Waals surface area contributed by atoms with E-state index in [1.54, 1.807) is 19.9 Å². The summed E-state index contributed by atoms with van der Waals surface area (Å²) < 4.78 is 11.1. The molecule has 2 aromatic carbocycles. The predicted molar refractivity (Wildman–Crippen MR) is 149 cm³/mol. The van der Waals surface area contributed by atoms with Gasteiger partial charge in [0.25, 0.3) is 5.91 Å². The molecule has 0 aliphatic carbocycles. The van der Waals surface area contributed by atoms with Crippen LogP contribution in [-0.4, -0.2) is 42.0 Å². The number of thiazole rings is 1. The van der Waals surface area contributed by atoms with Crippen LogP contribution in [0.3, 0.4) is 0 Å². The molecule has 0 bridgehead atoms. The highest BCUT2D eigenvalue weighted by Crippen LogP contribution is 2.39. The summed E-state index contributed by atoms with van der Waals surface area (Å²) in [6.07, 6.45) is -0.746. The van der Waals surface area contributed by atoms with E-state index in [2.05, 4.69) is 10.3 Å². The van der Waals surface area contributed by atoms with E-state index in [4.69, 9.17) is 9.47 Å². The third-order valence-corrected chi connectivity index (χ3v) is 7.66. The van der Waals surface area contributed by atoms with E-state index in [1.807, 2.05) is 60.1 Å². The van der Waals surface area contributed by atoms with E-state index < -0.39 is 18.0 Å². The van der Waals surface area contributed by atoms with E-state index >= 15 is 0 Å². The van der Waals surface area contributed by atoms with Crippen molar-refractivity contribution in [3.05, 3.63) is 69.9 Å². The monoisotopic (exact) mass is 547 g/mol. The van der Waals surface area contributed by atoms with Gasteiger partial charge in [0.2, 0.25) is 5.91 Å². The molecule has 38 heavy (non-hydrogen) atoms. The van der Waals surface area contributed by atoms with Gasteiger partial charge in [-0.2, -0.15) is 0 Å². The topological polar surface area (TPSA) is 97.8 Å². The highest BCUT2D eigenvalue weighted by atomic mass is 32.1. The number of ether oxygens (including phenoxy) is 2. The Morgan fingerprint density at radius 3 is 2.61 bits per heavy atom. The number of thiophene rings is 1. The number of esters is 1. The molecular weight excluding hydrogens is 522 g/mol. The van der Waals surface area contributed by atoms with Gasteiger partial charge in [-0.3, -0.25) is 14.5 Å². The molecule has 0 fully saturated rings. The van der Waals surface area contributed by atoms with Crippen LogP contribution in [0.25, 0.3) is 22.4 Å². The van der Waals surface area contributed by atoms with Gasteiger partial charge in [0.05, 0.1) is 23.0 Å². The second kappa shape index (κ2) is 10.8. The lowest BCUT2D eigenvalue weighted by atomic mass is 10.0. The first-order valence-electron chi connectivity index (χ1n) is 12.0. The number of fused-ring (bicyclic) bond motifs is 1. The van der Waals surface area contributed by atoms with Crippen molar-refractivity contribution in [1.29, 1.82) is 0 Å². The summed E-state index contributed by atoms with van der Waals surface area (Å²) in [6.45, 7) is 5.26. The molecule has 10 heteroatoms. The molecule has 1 unspecified atom stereocenters. The van der Waals surface area contributed by atoms with Crippen molar-refractivity contribution < 1.29 is 23.9 Å². The average Bonchev–Trinajstić information content (AvgIpc) is 3.53.